The Labute approximate surface area is 175 Å². The van der Waals surface area contributed by atoms with Gasteiger partial charge in [0.15, 0.2) is 0 Å². The van der Waals surface area contributed by atoms with Gasteiger partial charge in [0, 0.05) is 29.7 Å². The number of hydrazone groups is 1. The number of carbonyl (C=O) groups excluding carboxylic acids is 1. The predicted octanol–water partition coefficient (Wildman–Crippen LogP) is 3.50. The maximum absolute atomic E-state index is 12.5. The van der Waals surface area contributed by atoms with Crippen LogP contribution in [-0.2, 0) is 17.8 Å². The van der Waals surface area contributed by atoms with Crippen molar-refractivity contribution in [1.82, 2.24) is 14.9 Å². The number of phenols is 1. The van der Waals surface area contributed by atoms with Crippen molar-refractivity contribution in [2.24, 2.45) is 5.10 Å². The van der Waals surface area contributed by atoms with Crippen molar-refractivity contribution in [3.05, 3.63) is 64.8 Å². The van der Waals surface area contributed by atoms with Crippen LogP contribution in [0.25, 0.3) is 10.9 Å². The third kappa shape index (κ3) is 3.37. The first-order chi connectivity index (χ1) is 14.6. The molecule has 0 saturated carbocycles. The van der Waals surface area contributed by atoms with Gasteiger partial charge in [0.25, 0.3) is 5.91 Å². The van der Waals surface area contributed by atoms with Crippen LogP contribution in [0.1, 0.15) is 41.3 Å². The second kappa shape index (κ2) is 7.61. The molecular formula is C24H26N4O2. The van der Waals surface area contributed by atoms with Gasteiger partial charge >= 0.3 is 0 Å². The van der Waals surface area contributed by atoms with E-state index in [9.17, 15) is 9.90 Å². The zero-order chi connectivity index (χ0) is 20.7. The molecule has 2 aromatic carbocycles. The largest absolute Gasteiger partial charge is 0.508 e. The number of aromatic hydroxyl groups is 1. The van der Waals surface area contributed by atoms with Crippen LogP contribution in [0, 0.1) is 6.92 Å². The van der Waals surface area contributed by atoms with Crippen molar-refractivity contribution in [2.75, 3.05) is 13.1 Å². The first kappa shape index (κ1) is 18.9. The van der Waals surface area contributed by atoms with Gasteiger partial charge in [-0.1, -0.05) is 11.6 Å². The highest BCUT2D eigenvalue weighted by atomic mass is 16.3. The zero-order valence-corrected chi connectivity index (χ0v) is 17.1. The minimum atomic E-state index is -0.0995. The molecule has 1 amide bonds. The predicted molar refractivity (Wildman–Crippen MR) is 118 cm³/mol. The van der Waals surface area contributed by atoms with E-state index in [1.807, 2.05) is 0 Å². The SMILES string of the molecule is Cc1ccc2c(c1)c1c3n2CCN(CC(=O)NN=Cc2ccc(O)cc2)[C@@H]3CCC1. The third-order valence-corrected chi connectivity index (χ3v) is 6.28. The quantitative estimate of drug-likeness (QED) is 0.518. The van der Waals surface area contributed by atoms with Crippen molar-refractivity contribution in [2.45, 2.75) is 38.8 Å². The number of hydrogen-bond acceptors (Lipinski definition) is 4. The summed E-state index contributed by atoms with van der Waals surface area (Å²) in [6.45, 7) is 4.27. The topological polar surface area (TPSA) is 69.9 Å². The Bertz CT molecular complexity index is 1130. The summed E-state index contributed by atoms with van der Waals surface area (Å²) in [5, 5.41) is 14.8. The Hall–Kier alpha value is -3.12. The molecule has 6 nitrogen and oxygen atoms in total. The van der Waals surface area contributed by atoms with Crippen LogP contribution in [0.5, 0.6) is 5.75 Å². The number of rotatable bonds is 4. The van der Waals surface area contributed by atoms with Gasteiger partial charge in [0.2, 0.25) is 0 Å². The van der Waals surface area contributed by atoms with Gasteiger partial charge < -0.3 is 9.67 Å². The van der Waals surface area contributed by atoms with E-state index in [-0.39, 0.29) is 11.7 Å². The highest BCUT2D eigenvalue weighted by Crippen LogP contribution is 2.42. The fourth-order valence-electron chi connectivity index (χ4n) is 4.94. The van der Waals surface area contributed by atoms with E-state index >= 15 is 0 Å². The van der Waals surface area contributed by atoms with Crippen molar-refractivity contribution in [1.29, 1.82) is 0 Å². The van der Waals surface area contributed by atoms with Gasteiger partial charge in [0.05, 0.1) is 18.8 Å². The number of aryl methyl sites for hydroxylation is 2. The molecule has 0 bridgehead atoms. The van der Waals surface area contributed by atoms with Crippen molar-refractivity contribution in [3.63, 3.8) is 0 Å². The zero-order valence-electron chi connectivity index (χ0n) is 17.1. The molecule has 1 atom stereocenters. The Morgan fingerprint density at radius 3 is 2.90 bits per heavy atom. The van der Waals surface area contributed by atoms with Crippen LogP contribution in [-0.4, -0.2) is 39.8 Å². The molecule has 0 saturated heterocycles. The van der Waals surface area contributed by atoms with Gasteiger partial charge in [-0.15, -0.1) is 0 Å². The summed E-state index contributed by atoms with van der Waals surface area (Å²) in [6.07, 6.45) is 4.95. The standard InChI is InChI=1S/C24H26N4O2/c1-16-5-10-21-20(13-16)19-3-2-4-22-24(19)28(21)12-11-27(22)15-23(30)26-25-14-17-6-8-18(29)9-7-17/h5-10,13-14,22,29H,2-4,11-12,15H2,1H3,(H,26,30)/t22-/m1/s1. The Balaban J connectivity index is 1.32. The van der Waals surface area contributed by atoms with E-state index in [2.05, 4.69) is 45.1 Å². The maximum atomic E-state index is 12.5. The Kier molecular flexibility index (Phi) is 4.79. The molecule has 3 aromatic rings. The number of nitrogens with one attached hydrogen (secondary N) is 1. The second-order valence-electron chi connectivity index (χ2n) is 8.30. The summed E-state index contributed by atoms with van der Waals surface area (Å²) in [6, 6.07) is 13.7. The highest BCUT2D eigenvalue weighted by Gasteiger charge is 2.35. The lowest BCUT2D eigenvalue weighted by molar-refractivity contribution is -0.123. The van der Waals surface area contributed by atoms with Crippen molar-refractivity contribution in [3.8, 4) is 5.75 Å². The number of nitrogens with zero attached hydrogens (tertiary/aromatic N) is 3. The number of amides is 1. The van der Waals surface area contributed by atoms with Crippen LogP contribution >= 0.6 is 0 Å². The van der Waals surface area contributed by atoms with E-state index in [0.717, 1.165) is 37.9 Å². The monoisotopic (exact) mass is 402 g/mol. The van der Waals surface area contributed by atoms with Crippen LogP contribution in [0.3, 0.4) is 0 Å². The van der Waals surface area contributed by atoms with Crippen LogP contribution in [0.15, 0.2) is 47.6 Å². The summed E-state index contributed by atoms with van der Waals surface area (Å²) in [5.41, 5.74) is 8.98. The lowest BCUT2D eigenvalue weighted by atomic mass is 9.89. The molecule has 5 rings (SSSR count). The lowest BCUT2D eigenvalue weighted by Crippen LogP contribution is -2.44. The normalized spacial score (nSPS) is 18.6. The summed E-state index contributed by atoms with van der Waals surface area (Å²) in [4.78, 5) is 14.8. The summed E-state index contributed by atoms with van der Waals surface area (Å²) in [5.74, 6) is 0.110. The molecule has 1 aliphatic heterocycles. The van der Waals surface area contributed by atoms with Crippen LogP contribution in [0.4, 0.5) is 0 Å². The molecule has 2 N–H and O–H groups in total. The fraction of sp³-hybridized carbons (Fsp3) is 0.333. The van der Waals surface area contributed by atoms with Gasteiger partial charge in [-0.05, 0) is 73.7 Å². The molecule has 1 aliphatic carbocycles. The molecule has 6 heteroatoms. The summed E-state index contributed by atoms with van der Waals surface area (Å²) < 4.78 is 2.48. The van der Waals surface area contributed by atoms with Gasteiger partial charge in [0.1, 0.15) is 5.75 Å². The molecule has 0 spiro atoms. The summed E-state index contributed by atoms with van der Waals surface area (Å²) >= 11 is 0. The van der Waals surface area contributed by atoms with Crippen LogP contribution in [0.2, 0.25) is 0 Å². The van der Waals surface area contributed by atoms with Crippen molar-refractivity contribution < 1.29 is 9.90 Å². The smallest absolute Gasteiger partial charge is 0.254 e. The first-order valence-electron chi connectivity index (χ1n) is 10.6. The minimum absolute atomic E-state index is 0.0995. The number of fused-ring (bicyclic) bond motifs is 3. The minimum Gasteiger partial charge on any atom is -0.508 e. The number of aromatic nitrogens is 1. The number of carbonyl (C=O) groups is 1. The van der Waals surface area contributed by atoms with Gasteiger partial charge in [-0.2, -0.15) is 5.10 Å². The number of hydrogen-bond donors (Lipinski definition) is 2. The van der Waals surface area contributed by atoms with E-state index in [1.54, 1.807) is 30.5 Å². The van der Waals surface area contributed by atoms with E-state index in [4.69, 9.17) is 0 Å². The molecule has 0 unspecified atom stereocenters. The fourth-order valence-corrected chi connectivity index (χ4v) is 4.94. The highest BCUT2D eigenvalue weighted by molar-refractivity contribution is 5.87. The van der Waals surface area contributed by atoms with Gasteiger partial charge in [-0.25, -0.2) is 5.43 Å². The van der Waals surface area contributed by atoms with Gasteiger partial charge in [-0.3, -0.25) is 9.69 Å². The van der Waals surface area contributed by atoms with Crippen LogP contribution < -0.4 is 5.43 Å². The van der Waals surface area contributed by atoms with E-state index in [0.29, 0.717) is 12.6 Å². The summed E-state index contributed by atoms with van der Waals surface area (Å²) in [7, 11) is 0. The number of phenolic OH excluding ortho intramolecular Hbond substituents is 1. The molecular weight excluding hydrogens is 376 g/mol. The third-order valence-electron chi connectivity index (χ3n) is 6.28. The number of benzene rings is 2. The van der Waals surface area contributed by atoms with Crippen molar-refractivity contribution >= 4 is 23.0 Å². The first-order valence-corrected chi connectivity index (χ1v) is 10.6. The molecule has 2 aliphatic rings. The lowest BCUT2D eigenvalue weighted by Gasteiger charge is -2.39. The Morgan fingerprint density at radius 2 is 2.07 bits per heavy atom. The maximum Gasteiger partial charge on any atom is 0.254 e. The average Bonchev–Trinajstić information content (AvgIpc) is 3.06. The second-order valence-corrected chi connectivity index (χ2v) is 8.30. The molecule has 1 aromatic heterocycles. The molecule has 0 fully saturated rings. The average molecular weight is 402 g/mol. The molecule has 0 radical (unpaired) electrons. The van der Waals surface area contributed by atoms with E-state index < -0.39 is 0 Å². The molecule has 154 valence electrons. The molecule has 2 heterocycles. The molecule has 30 heavy (non-hydrogen) atoms. The Morgan fingerprint density at radius 1 is 1.23 bits per heavy atom. The van der Waals surface area contributed by atoms with E-state index in [1.165, 1.54) is 27.7 Å².